The van der Waals surface area contributed by atoms with Gasteiger partial charge in [0.1, 0.15) is 5.75 Å². The molecule has 4 nitrogen and oxygen atoms in total. The molecule has 0 radical (unpaired) electrons. The van der Waals surface area contributed by atoms with E-state index in [-0.39, 0.29) is 6.10 Å². The minimum Gasteiger partial charge on any atom is -0.490 e. The first kappa shape index (κ1) is 15.8. The summed E-state index contributed by atoms with van der Waals surface area (Å²) in [6, 6.07) is 8.41. The molecule has 0 unspecified atom stereocenters. The number of hydrogen-bond acceptors (Lipinski definition) is 4. The molecule has 1 aromatic carbocycles. The van der Waals surface area contributed by atoms with Crippen LogP contribution in [0.4, 0.5) is 0 Å². The first-order chi connectivity index (χ1) is 10.8. The zero-order chi connectivity index (χ0) is 15.2. The van der Waals surface area contributed by atoms with Crippen molar-refractivity contribution in [1.29, 1.82) is 0 Å². The van der Waals surface area contributed by atoms with E-state index in [2.05, 4.69) is 36.2 Å². The third-order valence-corrected chi connectivity index (χ3v) is 4.41. The Balaban J connectivity index is 1.56. The monoisotopic (exact) mass is 305 g/mol. The predicted octanol–water partition coefficient (Wildman–Crippen LogP) is 2.86. The van der Waals surface area contributed by atoms with E-state index in [1.807, 2.05) is 0 Å². The summed E-state index contributed by atoms with van der Waals surface area (Å²) in [6.45, 7) is 3.89. The normalized spacial score (nSPS) is 23.1. The molecule has 0 N–H and O–H groups in total. The van der Waals surface area contributed by atoms with Crippen LogP contribution in [-0.4, -0.2) is 50.5 Å². The number of ether oxygens (including phenoxy) is 3. The second-order valence-electron chi connectivity index (χ2n) is 6.40. The van der Waals surface area contributed by atoms with E-state index < -0.39 is 0 Å². The van der Waals surface area contributed by atoms with Crippen LogP contribution in [0.5, 0.6) is 5.75 Å². The van der Waals surface area contributed by atoms with Crippen LogP contribution in [0.25, 0.3) is 0 Å². The van der Waals surface area contributed by atoms with E-state index in [0.29, 0.717) is 19.3 Å². The maximum atomic E-state index is 6.21. The molecular weight excluding hydrogens is 278 g/mol. The molecule has 0 amide bonds. The third-order valence-electron chi connectivity index (χ3n) is 4.41. The largest absolute Gasteiger partial charge is 0.490 e. The fraction of sp³-hybridized carbons (Fsp3) is 0.667. The van der Waals surface area contributed by atoms with Crippen LogP contribution in [-0.2, 0) is 16.0 Å². The van der Waals surface area contributed by atoms with Crippen LogP contribution in [0.2, 0.25) is 0 Å². The average Bonchev–Trinajstić information content (AvgIpc) is 3.03. The van der Waals surface area contributed by atoms with Gasteiger partial charge < -0.3 is 14.2 Å². The molecule has 1 saturated heterocycles. The SMILES string of the molecule is CN(Cc1ccccc1OC1CCCC1)C[C@@H]1COCCO1. The lowest BCUT2D eigenvalue weighted by Gasteiger charge is -2.28. The number of rotatable bonds is 6. The van der Waals surface area contributed by atoms with E-state index in [0.717, 1.165) is 25.4 Å². The Bertz CT molecular complexity index is 453. The molecule has 122 valence electrons. The maximum absolute atomic E-state index is 6.21. The lowest BCUT2D eigenvalue weighted by molar-refractivity contribution is -0.0963. The van der Waals surface area contributed by atoms with Crippen LogP contribution in [0.3, 0.4) is 0 Å². The van der Waals surface area contributed by atoms with Gasteiger partial charge in [-0.3, -0.25) is 4.90 Å². The van der Waals surface area contributed by atoms with Crippen LogP contribution >= 0.6 is 0 Å². The zero-order valence-corrected chi connectivity index (χ0v) is 13.5. The van der Waals surface area contributed by atoms with E-state index >= 15 is 0 Å². The molecule has 0 spiro atoms. The van der Waals surface area contributed by atoms with Gasteiger partial charge in [-0.05, 0) is 38.8 Å². The van der Waals surface area contributed by atoms with Gasteiger partial charge in [0.2, 0.25) is 0 Å². The van der Waals surface area contributed by atoms with Crippen molar-refractivity contribution < 1.29 is 14.2 Å². The highest BCUT2D eigenvalue weighted by Crippen LogP contribution is 2.27. The highest BCUT2D eigenvalue weighted by molar-refractivity contribution is 5.33. The topological polar surface area (TPSA) is 30.9 Å². The second-order valence-corrected chi connectivity index (χ2v) is 6.40. The van der Waals surface area contributed by atoms with Crippen molar-refractivity contribution in [3.05, 3.63) is 29.8 Å². The van der Waals surface area contributed by atoms with E-state index in [4.69, 9.17) is 14.2 Å². The van der Waals surface area contributed by atoms with Crippen LogP contribution in [0.1, 0.15) is 31.2 Å². The Hall–Kier alpha value is -1.10. The maximum Gasteiger partial charge on any atom is 0.124 e. The fourth-order valence-corrected chi connectivity index (χ4v) is 3.28. The van der Waals surface area contributed by atoms with Crippen LogP contribution in [0.15, 0.2) is 24.3 Å². The molecule has 1 heterocycles. The summed E-state index contributed by atoms with van der Waals surface area (Å²) < 4.78 is 17.4. The molecule has 2 aliphatic rings. The summed E-state index contributed by atoms with van der Waals surface area (Å²) in [5.41, 5.74) is 1.26. The predicted molar refractivity (Wildman–Crippen MR) is 86.2 cm³/mol. The number of nitrogens with zero attached hydrogens (tertiary/aromatic N) is 1. The van der Waals surface area contributed by atoms with Gasteiger partial charge in [0, 0.05) is 18.7 Å². The zero-order valence-electron chi connectivity index (χ0n) is 13.5. The molecule has 1 atom stereocenters. The molecule has 1 aliphatic carbocycles. The van der Waals surface area contributed by atoms with E-state index in [1.54, 1.807) is 0 Å². The average molecular weight is 305 g/mol. The Labute approximate surface area is 133 Å². The molecular formula is C18H27NO3. The van der Waals surface area contributed by atoms with Gasteiger partial charge in [-0.25, -0.2) is 0 Å². The number of hydrogen-bond donors (Lipinski definition) is 0. The third kappa shape index (κ3) is 4.45. The highest BCUT2D eigenvalue weighted by Gasteiger charge is 2.20. The molecule has 22 heavy (non-hydrogen) atoms. The Morgan fingerprint density at radius 3 is 2.77 bits per heavy atom. The van der Waals surface area contributed by atoms with Crippen LogP contribution < -0.4 is 4.74 Å². The first-order valence-corrected chi connectivity index (χ1v) is 8.44. The van der Waals surface area contributed by atoms with Gasteiger partial charge in [0.25, 0.3) is 0 Å². The van der Waals surface area contributed by atoms with Gasteiger partial charge in [-0.2, -0.15) is 0 Å². The highest BCUT2D eigenvalue weighted by atomic mass is 16.6. The van der Waals surface area contributed by atoms with Gasteiger partial charge in [0.05, 0.1) is 32.0 Å². The van der Waals surface area contributed by atoms with Gasteiger partial charge in [-0.15, -0.1) is 0 Å². The minimum atomic E-state index is 0.182. The van der Waals surface area contributed by atoms with Crippen molar-refractivity contribution in [2.45, 2.75) is 44.4 Å². The number of benzene rings is 1. The Morgan fingerprint density at radius 1 is 1.18 bits per heavy atom. The van der Waals surface area contributed by atoms with Gasteiger partial charge in [-0.1, -0.05) is 18.2 Å². The van der Waals surface area contributed by atoms with E-state index in [9.17, 15) is 0 Å². The molecule has 1 saturated carbocycles. The molecule has 4 heteroatoms. The standard InChI is InChI=1S/C18H27NO3/c1-19(13-17-14-20-10-11-21-17)12-15-6-2-5-9-18(15)22-16-7-3-4-8-16/h2,5-6,9,16-17H,3-4,7-8,10-14H2,1H3/t17-/m1/s1. The fourth-order valence-electron chi connectivity index (χ4n) is 3.28. The summed E-state index contributed by atoms with van der Waals surface area (Å²) in [6.07, 6.45) is 5.56. The number of likely N-dealkylation sites (N-methyl/N-ethyl adjacent to an activating group) is 1. The van der Waals surface area contributed by atoms with Crippen LogP contribution in [0, 0.1) is 0 Å². The van der Waals surface area contributed by atoms with Crippen molar-refractivity contribution in [1.82, 2.24) is 4.90 Å². The molecule has 2 fully saturated rings. The van der Waals surface area contributed by atoms with Crippen molar-refractivity contribution in [2.75, 3.05) is 33.4 Å². The smallest absolute Gasteiger partial charge is 0.124 e. The molecule has 1 aliphatic heterocycles. The van der Waals surface area contributed by atoms with E-state index in [1.165, 1.54) is 31.2 Å². The summed E-state index contributed by atoms with van der Waals surface area (Å²) in [7, 11) is 2.13. The van der Waals surface area contributed by atoms with Gasteiger partial charge >= 0.3 is 0 Å². The molecule has 1 aromatic rings. The van der Waals surface area contributed by atoms with Crippen molar-refractivity contribution in [3.63, 3.8) is 0 Å². The van der Waals surface area contributed by atoms with Crippen molar-refractivity contribution in [2.24, 2.45) is 0 Å². The quantitative estimate of drug-likeness (QED) is 0.808. The minimum absolute atomic E-state index is 0.182. The van der Waals surface area contributed by atoms with Crippen molar-refractivity contribution >= 4 is 0 Å². The van der Waals surface area contributed by atoms with Gasteiger partial charge in [0.15, 0.2) is 0 Å². The lowest BCUT2D eigenvalue weighted by Crippen LogP contribution is -2.38. The van der Waals surface area contributed by atoms with Crippen molar-refractivity contribution in [3.8, 4) is 5.75 Å². The summed E-state index contributed by atoms with van der Waals surface area (Å²) in [5.74, 6) is 1.04. The Kier molecular flexibility index (Phi) is 5.70. The first-order valence-electron chi connectivity index (χ1n) is 8.44. The summed E-state index contributed by atoms with van der Waals surface area (Å²) in [4.78, 5) is 2.29. The Morgan fingerprint density at radius 2 is 2.00 bits per heavy atom. The second kappa shape index (κ2) is 7.95. The number of para-hydroxylation sites is 1. The molecule has 3 rings (SSSR count). The summed E-state index contributed by atoms with van der Waals surface area (Å²) in [5, 5.41) is 0. The summed E-state index contributed by atoms with van der Waals surface area (Å²) >= 11 is 0. The molecule has 0 bridgehead atoms. The molecule has 0 aromatic heterocycles. The lowest BCUT2D eigenvalue weighted by atomic mass is 10.1.